The van der Waals surface area contributed by atoms with Crippen molar-refractivity contribution in [3.8, 4) is 0 Å². The third-order valence-corrected chi connectivity index (χ3v) is 2.77. The van der Waals surface area contributed by atoms with Gasteiger partial charge in [-0.2, -0.15) is 4.68 Å². The number of hydrogen-bond donors (Lipinski definition) is 1. The molecule has 0 radical (unpaired) electrons. The Bertz CT molecular complexity index is 627. The molecule has 0 saturated carbocycles. The second-order valence-corrected chi connectivity index (χ2v) is 4.80. The summed E-state index contributed by atoms with van der Waals surface area (Å²) < 4.78 is 2.10. The van der Waals surface area contributed by atoms with Crippen molar-refractivity contribution >= 4 is 40.1 Å². The Labute approximate surface area is 121 Å². The lowest BCUT2D eigenvalue weighted by Crippen LogP contribution is -2.19. The number of nitro groups is 1. The molecule has 0 unspecified atom stereocenters. The van der Waals surface area contributed by atoms with E-state index in [2.05, 4.69) is 38.0 Å². The average Bonchev–Trinajstić information content (AvgIpc) is 2.77. The first-order valence-corrected chi connectivity index (χ1v) is 6.22. The van der Waals surface area contributed by atoms with E-state index in [9.17, 15) is 14.9 Å². The van der Waals surface area contributed by atoms with Gasteiger partial charge in [-0.15, -0.1) is 0 Å². The number of aromatic nitrogens is 3. The van der Waals surface area contributed by atoms with Crippen molar-refractivity contribution in [2.45, 2.75) is 6.54 Å². The molecule has 0 bridgehead atoms. The van der Waals surface area contributed by atoms with E-state index >= 15 is 0 Å². The highest BCUT2D eigenvalue weighted by Gasteiger charge is 2.15. The van der Waals surface area contributed by atoms with Crippen molar-refractivity contribution in [3.05, 3.63) is 44.3 Å². The number of rotatable bonds is 4. The SMILES string of the molecule is O=C(Cn1cnc([N+](=O)[O-])n1)Nc1cccc(I)c1. The number of nitrogens with one attached hydrogen (secondary N) is 1. The van der Waals surface area contributed by atoms with Gasteiger partial charge in [0.05, 0.1) is 0 Å². The summed E-state index contributed by atoms with van der Waals surface area (Å²) in [5, 5.41) is 16.6. The van der Waals surface area contributed by atoms with Crippen LogP contribution in [0.3, 0.4) is 0 Å². The first kappa shape index (κ1) is 13.4. The van der Waals surface area contributed by atoms with Gasteiger partial charge in [0, 0.05) is 14.4 Å². The van der Waals surface area contributed by atoms with Gasteiger partial charge in [0.2, 0.25) is 12.2 Å². The number of hydrogen-bond acceptors (Lipinski definition) is 5. The molecule has 1 aromatic heterocycles. The van der Waals surface area contributed by atoms with Crippen LogP contribution in [0.1, 0.15) is 0 Å². The summed E-state index contributed by atoms with van der Waals surface area (Å²) in [7, 11) is 0. The molecule has 8 nitrogen and oxygen atoms in total. The van der Waals surface area contributed by atoms with Crippen LogP contribution < -0.4 is 5.32 Å². The van der Waals surface area contributed by atoms with Crippen molar-refractivity contribution in [3.63, 3.8) is 0 Å². The molecule has 9 heteroatoms. The van der Waals surface area contributed by atoms with Crippen LogP contribution in [0.4, 0.5) is 11.6 Å². The fourth-order valence-corrected chi connectivity index (χ4v) is 1.90. The van der Waals surface area contributed by atoms with Crippen molar-refractivity contribution in [1.29, 1.82) is 0 Å². The normalized spacial score (nSPS) is 10.2. The topological polar surface area (TPSA) is 103 Å². The van der Waals surface area contributed by atoms with Crippen LogP contribution in [0, 0.1) is 13.7 Å². The van der Waals surface area contributed by atoms with E-state index in [-0.39, 0.29) is 12.5 Å². The minimum atomic E-state index is -0.714. The van der Waals surface area contributed by atoms with Crippen LogP contribution in [0.5, 0.6) is 0 Å². The summed E-state index contributed by atoms with van der Waals surface area (Å²) in [6.45, 7) is -0.133. The van der Waals surface area contributed by atoms with Gasteiger partial charge < -0.3 is 15.4 Å². The second-order valence-electron chi connectivity index (χ2n) is 3.56. The van der Waals surface area contributed by atoms with Crippen LogP contribution in [0.25, 0.3) is 0 Å². The number of nitrogens with zero attached hydrogens (tertiary/aromatic N) is 4. The molecule has 1 heterocycles. The number of halogens is 1. The second kappa shape index (κ2) is 5.73. The minimum absolute atomic E-state index is 0.133. The van der Waals surface area contributed by atoms with E-state index in [0.717, 1.165) is 14.6 Å². The maximum Gasteiger partial charge on any atom is 0.490 e. The zero-order valence-corrected chi connectivity index (χ0v) is 11.6. The molecule has 0 saturated heterocycles. The summed E-state index contributed by atoms with van der Waals surface area (Å²) in [5.41, 5.74) is 0.659. The maximum atomic E-state index is 11.7. The molecule has 2 aromatic rings. The molecule has 0 spiro atoms. The van der Waals surface area contributed by atoms with Crippen molar-refractivity contribution < 1.29 is 9.72 Å². The van der Waals surface area contributed by atoms with E-state index < -0.39 is 10.9 Å². The summed E-state index contributed by atoms with van der Waals surface area (Å²) >= 11 is 2.13. The van der Waals surface area contributed by atoms with E-state index in [1.807, 2.05) is 18.2 Å². The first-order chi connectivity index (χ1) is 9.04. The fourth-order valence-electron chi connectivity index (χ4n) is 1.36. The monoisotopic (exact) mass is 373 g/mol. The third kappa shape index (κ3) is 3.71. The lowest BCUT2D eigenvalue weighted by molar-refractivity contribution is -0.394. The average molecular weight is 373 g/mol. The first-order valence-electron chi connectivity index (χ1n) is 5.14. The van der Waals surface area contributed by atoms with Gasteiger partial charge in [0.25, 0.3) is 0 Å². The molecule has 0 fully saturated rings. The lowest BCUT2D eigenvalue weighted by Gasteiger charge is -2.03. The Balaban J connectivity index is 1.99. The number of carbonyl (C=O) groups excluding carboxylic acids is 1. The molecule has 2 rings (SSSR count). The van der Waals surface area contributed by atoms with Gasteiger partial charge >= 0.3 is 5.95 Å². The molecule has 19 heavy (non-hydrogen) atoms. The Morgan fingerprint density at radius 2 is 2.32 bits per heavy atom. The lowest BCUT2D eigenvalue weighted by atomic mass is 10.3. The minimum Gasteiger partial charge on any atom is -0.390 e. The Kier molecular flexibility index (Phi) is 4.04. The predicted molar refractivity (Wildman–Crippen MR) is 74.5 cm³/mol. The highest BCUT2D eigenvalue weighted by atomic mass is 127. The smallest absolute Gasteiger partial charge is 0.390 e. The standard InChI is InChI=1S/C10H8IN5O3/c11-7-2-1-3-8(4-7)13-9(17)5-15-6-12-10(14-15)16(18)19/h1-4,6H,5H2,(H,13,17). The molecule has 1 amide bonds. The number of anilines is 1. The molecule has 0 aliphatic carbocycles. The van der Waals surface area contributed by atoms with E-state index in [0.29, 0.717) is 5.69 Å². The van der Waals surface area contributed by atoms with E-state index in [4.69, 9.17) is 0 Å². The summed E-state index contributed by atoms with van der Waals surface area (Å²) in [6, 6.07) is 7.28. The maximum absolute atomic E-state index is 11.7. The molecular weight excluding hydrogens is 365 g/mol. The number of benzene rings is 1. The molecule has 0 atom stereocenters. The summed E-state index contributed by atoms with van der Waals surface area (Å²) in [5.74, 6) is -0.858. The van der Waals surface area contributed by atoms with Crippen LogP contribution in [-0.4, -0.2) is 25.6 Å². The van der Waals surface area contributed by atoms with Crippen LogP contribution in [0.2, 0.25) is 0 Å². The molecule has 1 aromatic carbocycles. The predicted octanol–water partition coefficient (Wildman–Crippen LogP) is 1.43. The number of amides is 1. The zero-order chi connectivity index (χ0) is 13.8. The quantitative estimate of drug-likeness (QED) is 0.496. The van der Waals surface area contributed by atoms with Crippen LogP contribution >= 0.6 is 22.6 Å². The van der Waals surface area contributed by atoms with Crippen molar-refractivity contribution in [2.75, 3.05) is 5.32 Å². The Hall–Kier alpha value is -2.04. The Morgan fingerprint density at radius 1 is 1.53 bits per heavy atom. The largest absolute Gasteiger partial charge is 0.490 e. The molecular formula is C10H8IN5O3. The molecule has 0 aliphatic rings. The number of carbonyl (C=O) groups is 1. The van der Waals surface area contributed by atoms with E-state index in [1.165, 1.54) is 0 Å². The van der Waals surface area contributed by atoms with Crippen molar-refractivity contribution in [1.82, 2.24) is 14.8 Å². The highest BCUT2D eigenvalue weighted by molar-refractivity contribution is 14.1. The molecule has 0 aliphatic heterocycles. The van der Waals surface area contributed by atoms with Crippen molar-refractivity contribution in [2.24, 2.45) is 0 Å². The van der Waals surface area contributed by atoms with Gasteiger partial charge in [-0.3, -0.25) is 4.79 Å². The van der Waals surface area contributed by atoms with Gasteiger partial charge in [0.15, 0.2) is 0 Å². The van der Waals surface area contributed by atoms with Gasteiger partial charge in [-0.1, -0.05) is 11.1 Å². The zero-order valence-electron chi connectivity index (χ0n) is 9.49. The van der Waals surface area contributed by atoms with Gasteiger partial charge in [-0.05, 0) is 45.7 Å². The molecule has 1 N–H and O–H groups in total. The summed E-state index contributed by atoms with van der Waals surface area (Å²) in [6.07, 6.45) is 1.15. The van der Waals surface area contributed by atoms with Gasteiger partial charge in [-0.25, -0.2) is 0 Å². The van der Waals surface area contributed by atoms with Crippen LogP contribution in [0.15, 0.2) is 30.6 Å². The third-order valence-electron chi connectivity index (χ3n) is 2.10. The Morgan fingerprint density at radius 3 is 2.95 bits per heavy atom. The van der Waals surface area contributed by atoms with Crippen LogP contribution in [-0.2, 0) is 11.3 Å². The fraction of sp³-hybridized carbons (Fsp3) is 0.100. The highest BCUT2D eigenvalue weighted by Crippen LogP contribution is 2.12. The van der Waals surface area contributed by atoms with E-state index in [1.54, 1.807) is 6.07 Å². The molecule has 98 valence electrons. The van der Waals surface area contributed by atoms with Gasteiger partial charge in [0.1, 0.15) is 6.54 Å². The summed E-state index contributed by atoms with van der Waals surface area (Å²) in [4.78, 5) is 24.8.